The largest absolute Gasteiger partial charge is 0.505 e. The molecule has 0 spiro atoms. The Balaban J connectivity index is 2.22. The van der Waals surface area contributed by atoms with E-state index in [1.54, 1.807) is 0 Å². The van der Waals surface area contributed by atoms with Gasteiger partial charge in [0.15, 0.2) is 5.75 Å². The molecule has 150 valence electrons. The van der Waals surface area contributed by atoms with Gasteiger partial charge in [0, 0.05) is 16.6 Å². The Hall–Kier alpha value is -3.77. The Morgan fingerprint density at radius 1 is 1.07 bits per heavy atom. The fourth-order valence-corrected chi connectivity index (χ4v) is 3.51. The van der Waals surface area contributed by atoms with Crippen LogP contribution in [0, 0.1) is 17.0 Å². The summed E-state index contributed by atoms with van der Waals surface area (Å²) in [4.78, 5) is 10.1. The third-order valence-corrected chi connectivity index (χ3v) is 5.09. The average molecular weight is 418 g/mol. The summed E-state index contributed by atoms with van der Waals surface area (Å²) in [6, 6.07) is 7.26. The number of nitro groups is 1. The van der Waals surface area contributed by atoms with Gasteiger partial charge in [-0.25, -0.2) is 0 Å². The smallest absolute Gasteiger partial charge is 0.303 e. The van der Waals surface area contributed by atoms with Crippen molar-refractivity contribution in [2.24, 2.45) is 10.2 Å². The van der Waals surface area contributed by atoms with Gasteiger partial charge in [-0.15, -0.1) is 10.2 Å². The van der Waals surface area contributed by atoms with E-state index in [0.29, 0.717) is 0 Å². The molecule has 0 fully saturated rings. The van der Waals surface area contributed by atoms with Crippen LogP contribution in [-0.4, -0.2) is 28.1 Å². The van der Waals surface area contributed by atoms with E-state index < -0.39 is 42.8 Å². The number of aryl methyl sites for hydroxylation is 1. The first kappa shape index (κ1) is 20.0. The van der Waals surface area contributed by atoms with Crippen LogP contribution in [-0.2, 0) is 10.1 Å². The van der Waals surface area contributed by atoms with Crippen LogP contribution in [0.2, 0.25) is 0 Å². The molecule has 0 unspecified atom stereocenters. The van der Waals surface area contributed by atoms with Gasteiger partial charge in [0.05, 0.1) is 10.3 Å². The van der Waals surface area contributed by atoms with Crippen LogP contribution >= 0.6 is 0 Å². The van der Waals surface area contributed by atoms with Crippen LogP contribution in [0.1, 0.15) is 5.56 Å². The van der Waals surface area contributed by atoms with Crippen molar-refractivity contribution in [1.82, 2.24) is 0 Å². The summed E-state index contributed by atoms with van der Waals surface area (Å²) >= 11 is 0. The molecule has 0 aromatic heterocycles. The highest BCUT2D eigenvalue weighted by Crippen LogP contribution is 2.43. The fraction of sp³-hybridized carbons (Fsp3) is 0.0588. The SMILES string of the molecule is Cc1ccc(O)c(N=Nc2ccc3c(S(=O)(=O)O)ccc(N)c3c2O)c1[N+](=O)[O-]. The zero-order chi connectivity index (χ0) is 21.5. The van der Waals surface area contributed by atoms with Crippen molar-refractivity contribution >= 4 is 43.6 Å². The van der Waals surface area contributed by atoms with Crippen molar-refractivity contribution in [1.29, 1.82) is 0 Å². The molecule has 0 heterocycles. The van der Waals surface area contributed by atoms with Gasteiger partial charge in [0.25, 0.3) is 10.1 Å². The summed E-state index contributed by atoms with van der Waals surface area (Å²) < 4.78 is 32.4. The number of anilines is 1. The highest BCUT2D eigenvalue weighted by atomic mass is 32.2. The maximum absolute atomic E-state index is 11.5. The Morgan fingerprint density at radius 3 is 2.38 bits per heavy atom. The Kier molecular flexibility index (Phi) is 4.82. The number of nitrogen functional groups attached to an aromatic ring is 1. The first-order chi connectivity index (χ1) is 13.5. The van der Waals surface area contributed by atoms with Gasteiger partial charge in [0.1, 0.15) is 16.3 Å². The quantitative estimate of drug-likeness (QED) is 0.162. The summed E-state index contributed by atoms with van der Waals surface area (Å²) in [6.07, 6.45) is 0. The molecule has 0 atom stereocenters. The second-order valence-corrected chi connectivity index (χ2v) is 7.43. The molecule has 0 saturated heterocycles. The predicted octanol–water partition coefficient (Wildman–Crippen LogP) is 3.71. The number of nitro benzene ring substituents is 1. The maximum atomic E-state index is 11.5. The second-order valence-electron chi connectivity index (χ2n) is 6.04. The van der Waals surface area contributed by atoms with Crippen LogP contribution in [0.4, 0.5) is 22.7 Å². The lowest BCUT2D eigenvalue weighted by molar-refractivity contribution is -0.384. The number of azo groups is 1. The van der Waals surface area contributed by atoms with Gasteiger partial charge < -0.3 is 15.9 Å². The minimum atomic E-state index is -4.59. The molecular weight excluding hydrogens is 404 g/mol. The molecule has 0 aliphatic heterocycles. The molecule has 3 rings (SSSR count). The number of nitrogens with zero attached hydrogens (tertiary/aromatic N) is 3. The highest BCUT2D eigenvalue weighted by Gasteiger charge is 2.22. The lowest BCUT2D eigenvalue weighted by atomic mass is 10.1. The van der Waals surface area contributed by atoms with Crippen LogP contribution in [0.15, 0.2) is 51.5 Å². The van der Waals surface area contributed by atoms with Gasteiger partial charge in [-0.05, 0) is 37.3 Å². The molecule has 0 aliphatic carbocycles. The van der Waals surface area contributed by atoms with Crippen molar-refractivity contribution in [3.63, 3.8) is 0 Å². The molecule has 0 radical (unpaired) electrons. The normalized spacial score (nSPS) is 11.9. The van der Waals surface area contributed by atoms with E-state index >= 15 is 0 Å². The van der Waals surface area contributed by atoms with Gasteiger partial charge in [-0.2, -0.15) is 8.42 Å². The van der Waals surface area contributed by atoms with E-state index in [4.69, 9.17) is 5.73 Å². The monoisotopic (exact) mass is 418 g/mol. The molecule has 5 N–H and O–H groups in total. The lowest BCUT2D eigenvalue weighted by Crippen LogP contribution is -2.00. The number of nitrogens with two attached hydrogens (primary N) is 1. The van der Waals surface area contributed by atoms with Crippen LogP contribution in [0.5, 0.6) is 11.5 Å². The van der Waals surface area contributed by atoms with E-state index in [-0.39, 0.29) is 27.7 Å². The summed E-state index contributed by atoms with van der Waals surface area (Å²) in [6.45, 7) is 1.46. The van der Waals surface area contributed by atoms with Gasteiger partial charge in [-0.3, -0.25) is 14.7 Å². The average Bonchev–Trinajstić information content (AvgIpc) is 2.62. The molecule has 0 saturated carbocycles. The first-order valence-electron chi connectivity index (χ1n) is 7.92. The molecular formula is C17H14N4O7S. The van der Waals surface area contributed by atoms with Gasteiger partial charge >= 0.3 is 5.69 Å². The van der Waals surface area contributed by atoms with Crippen molar-refractivity contribution in [2.75, 3.05) is 5.73 Å². The molecule has 0 aliphatic rings. The van der Waals surface area contributed by atoms with E-state index in [2.05, 4.69) is 10.2 Å². The molecule has 0 bridgehead atoms. The summed E-state index contributed by atoms with van der Waals surface area (Å²) in [5, 5.41) is 39.0. The minimum Gasteiger partial charge on any atom is -0.505 e. The van der Waals surface area contributed by atoms with Gasteiger partial charge in [-0.1, -0.05) is 6.07 Å². The van der Waals surface area contributed by atoms with Crippen molar-refractivity contribution in [3.05, 3.63) is 52.1 Å². The number of phenolic OH excluding ortho intramolecular Hbond substituents is 2. The zero-order valence-electron chi connectivity index (χ0n) is 14.8. The summed E-state index contributed by atoms with van der Waals surface area (Å²) in [5.74, 6) is -1.04. The lowest BCUT2D eigenvalue weighted by Gasteiger charge is -2.10. The van der Waals surface area contributed by atoms with E-state index in [9.17, 15) is 33.3 Å². The summed E-state index contributed by atoms with van der Waals surface area (Å²) in [7, 11) is -4.59. The van der Waals surface area contributed by atoms with Crippen LogP contribution in [0.25, 0.3) is 10.8 Å². The maximum Gasteiger partial charge on any atom is 0.303 e. The Morgan fingerprint density at radius 2 is 1.76 bits per heavy atom. The molecule has 3 aromatic carbocycles. The molecule has 3 aromatic rings. The van der Waals surface area contributed by atoms with E-state index in [1.807, 2.05) is 0 Å². The number of aromatic hydroxyl groups is 2. The number of hydrogen-bond donors (Lipinski definition) is 4. The molecule has 12 heteroatoms. The molecule has 11 nitrogen and oxygen atoms in total. The van der Waals surface area contributed by atoms with E-state index in [0.717, 1.165) is 6.07 Å². The van der Waals surface area contributed by atoms with Crippen LogP contribution in [0.3, 0.4) is 0 Å². The summed E-state index contributed by atoms with van der Waals surface area (Å²) in [5.41, 5.74) is 5.01. The van der Waals surface area contributed by atoms with Crippen molar-refractivity contribution in [3.8, 4) is 11.5 Å². The zero-order valence-corrected chi connectivity index (χ0v) is 15.6. The third-order valence-electron chi connectivity index (χ3n) is 4.17. The van der Waals surface area contributed by atoms with E-state index in [1.165, 1.54) is 37.3 Å². The number of rotatable bonds is 4. The number of phenols is 2. The van der Waals surface area contributed by atoms with Gasteiger partial charge in [0.2, 0.25) is 5.69 Å². The predicted molar refractivity (Wildman–Crippen MR) is 104 cm³/mol. The van der Waals surface area contributed by atoms with Crippen molar-refractivity contribution < 1.29 is 28.1 Å². The third kappa shape index (κ3) is 3.53. The Labute approximate surface area is 163 Å². The standard InChI is InChI=1S/C17H14N4O7S/c1-8-2-6-12(22)15(16(8)21(24)25)20-19-11-5-3-9-13(29(26,27)28)7-4-10(18)14(9)17(11)23/h2-7,22-23H,18H2,1H3,(H,26,27,28). The Bertz CT molecular complexity index is 1300. The fourth-order valence-electron chi connectivity index (χ4n) is 2.82. The number of hydrogen-bond acceptors (Lipinski definition) is 9. The first-order valence-corrected chi connectivity index (χ1v) is 9.36. The highest BCUT2D eigenvalue weighted by molar-refractivity contribution is 7.86. The minimum absolute atomic E-state index is 0.00586. The van der Waals surface area contributed by atoms with Crippen LogP contribution < -0.4 is 5.73 Å². The number of benzene rings is 3. The second kappa shape index (κ2) is 7.00. The van der Waals surface area contributed by atoms with Crippen molar-refractivity contribution in [2.45, 2.75) is 11.8 Å². The topological polar surface area (TPSA) is 189 Å². The molecule has 0 amide bonds. The number of fused-ring (bicyclic) bond motifs is 1. The molecule has 29 heavy (non-hydrogen) atoms.